The number of hydrogen-bond acceptors (Lipinski definition) is 4. The molecule has 0 aliphatic carbocycles. The topological polar surface area (TPSA) is 84.7 Å². The Kier molecular flexibility index (Phi) is 4.47. The number of nitrogens with zero attached hydrogens (tertiary/aromatic N) is 1. The molecule has 6 heteroatoms. The predicted octanol–water partition coefficient (Wildman–Crippen LogP) is 2.10. The van der Waals surface area contributed by atoms with E-state index in [4.69, 9.17) is 10.5 Å². The van der Waals surface area contributed by atoms with E-state index in [-0.39, 0.29) is 12.0 Å². The van der Waals surface area contributed by atoms with Gasteiger partial charge in [-0.1, -0.05) is 19.4 Å². The van der Waals surface area contributed by atoms with Gasteiger partial charge in [0.05, 0.1) is 12.1 Å². The molecule has 1 heterocycles. The molecule has 0 radical (unpaired) electrons. The van der Waals surface area contributed by atoms with Crippen molar-refractivity contribution in [3.8, 4) is 0 Å². The quantitative estimate of drug-likeness (QED) is 0.870. The zero-order valence-corrected chi connectivity index (χ0v) is 12.4. The number of anilines is 2. The lowest BCUT2D eigenvalue weighted by Crippen LogP contribution is -2.48. The third-order valence-electron chi connectivity index (χ3n) is 3.46. The summed E-state index contributed by atoms with van der Waals surface area (Å²) >= 11 is 0. The van der Waals surface area contributed by atoms with Crippen LogP contribution in [0.3, 0.4) is 0 Å². The van der Waals surface area contributed by atoms with Crippen molar-refractivity contribution in [2.75, 3.05) is 23.4 Å². The summed E-state index contributed by atoms with van der Waals surface area (Å²) in [5.74, 6) is -0.231. The van der Waals surface area contributed by atoms with Crippen molar-refractivity contribution in [3.05, 3.63) is 24.3 Å². The number of rotatable bonds is 5. The third-order valence-corrected chi connectivity index (χ3v) is 3.46. The molecule has 21 heavy (non-hydrogen) atoms. The molecule has 1 unspecified atom stereocenters. The first-order chi connectivity index (χ1) is 9.94. The van der Waals surface area contributed by atoms with Crippen LogP contribution in [0.2, 0.25) is 0 Å². The molecule has 1 fully saturated rings. The number of cyclic esters (lactones) is 1. The number of ether oxygens (including phenoxy) is 1. The van der Waals surface area contributed by atoms with Crippen molar-refractivity contribution in [2.45, 2.75) is 32.2 Å². The Balaban J connectivity index is 2.11. The van der Waals surface area contributed by atoms with Gasteiger partial charge in [-0.15, -0.1) is 0 Å². The van der Waals surface area contributed by atoms with Gasteiger partial charge in [-0.25, -0.2) is 4.79 Å². The molecule has 1 aromatic rings. The highest BCUT2D eigenvalue weighted by molar-refractivity contribution is 5.98. The molecule has 3 N–H and O–H groups in total. The number of carbonyl (C=O) groups excluding carboxylic acids is 2. The minimum absolute atomic E-state index is 0.231. The summed E-state index contributed by atoms with van der Waals surface area (Å²) in [4.78, 5) is 25.3. The molecule has 0 saturated carbocycles. The fraction of sp³-hybridized carbons (Fsp3) is 0.467. The van der Waals surface area contributed by atoms with E-state index >= 15 is 0 Å². The first kappa shape index (κ1) is 15.3. The van der Waals surface area contributed by atoms with Gasteiger partial charge in [0, 0.05) is 11.4 Å². The maximum Gasteiger partial charge on any atom is 0.414 e. The van der Waals surface area contributed by atoms with Gasteiger partial charge in [-0.2, -0.15) is 0 Å². The smallest absolute Gasteiger partial charge is 0.414 e. The predicted molar refractivity (Wildman–Crippen MR) is 81.3 cm³/mol. The zero-order chi connectivity index (χ0) is 15.5. The summed E-state index contributed by atoms with van der Waals surface area (Å²) in [6, 6.07) is 7.09. The monoisotopic (exact) mass is 291 g/mol. The highest BCUT2D eigenvalue weighted by Crippen LogP contribution is 2.23. The molecule has 114 valence electrons. The number of nitrogens with two attached hydrogens (primary N) is 1. The van der Waals surface area contributed by atoms with Crippen molar-refractivity contribution < 1.29 is 14.3 Å². The lowest BCUT2D eigenvalue weighted by atomic mass is 9.96. The Morgan fingerprint density at radius 2 is 2.29 bits per heavy atom. The minimum Gasteiger partial charge on any atom is -0.447 e. The van der Waals surface area contributed by atoms with Gasteiger partial charge in [0.1, 0.15) is 6.61 Å². The molecule has 1 atom stereocenters. The van der Waals surface area contributed by atoms with Crippen LogP contribution in [-0.2, 0) is 9.53 Å². The SMILES string of the molecule is CCCC(C)(N)C(=O)Nc1cccc(N2CCOC2=O)c1. The van der Waals surface area contributed by atoms with Crippen molar-refractivity contribution in [3.63, 3.8) is 0 Å². The maximum atomic E-state index is 12.2. The van der Waals surface area contributed by atoms with E-state index in [2.05, 4.69) is 5.32 Å². The van der Waals surface area contributed by atoms with Crippen LogP contribution in [0.4, 0.5) is 16.2 Å². The molecule has 0 bridgehead atoms. The second kappa shape index (κ2) is 6.13. The van der Waals surface area contributed by atoms with Crippen molar-refractivity contribution in [1.82, 2.24) is 0 Å². The standard InChI is InChI=1S/C15H21N3O3/c1-3-7-15(2,16)13(19)17-11-5-4-6-12(10-11)18-8-9-21-14(18)20/h4-6,10H,3,7-9,16H2,1-2H3,(H,17,19). The summed E-state index contributed by atoms with van der Waals surface area (Å²) in [5.41, 5.74) is 6.41. The van der Waals surface area contributed by atoms with Crippen LogP contribution in [0, 0.1) is 0 Å². The second-order valence-electron chi connectivity index (χ2n) is 5.44. The molecule has 0 aromatic heterocycles. The maximum absolute atomic E-state index is 12.2. The Bertz CT molecular complexity index is 543. The Morgan fingerprint density at radius 1 is 1.52 bits per heavy atom. The van der Waals surface area contributed by atoms with Gasteiger partial charge in [0.25, 0.3) is 0 Å². The summed E-state index contributed by atoms with van der Waals surface area (Å²) in [7, 11) is 0. The first-order valence-corrected chi connectivity index (χ1v) is 7.09. The average Bonchev–Trinajstić information content (AvgIpc) is 2.85. The number of hydrogen-bond donors (Lipinski definition) is 2. The van der Waals surface area contributed by atoms with Gasteiger partial charge < -0.3 is 15.8 Å². The molecular formula is C15H21N3O3. The van der Waals surface area contributed by atoms with Crippen molar-refractivity contribution in [1.29, 1.82) is 0 Å². The molecule has 1 aliphatic rings. The lowest BCUT2D eigenvalue weighted by molar-refractivity contribution is -0.120. The van der Waals surface area contributed by atoms with Crippen LogP contribution in [0.15, 0.2) is 24.3 Å². The van der Waals surface area contributed by atoms with Crippen LogP contribution in [-0.4, -0.2) is 30.7 Å². The first-order valence-electron chi connectivity index (χ1n) is 7.09. The van der Waals surface area contributed by atoms with Gasteiger partial charge in [0.15, 0.2) is 0 Å². The van der Waals surface area contributed by atoms with E-state index in [1.165, 1.54) is 4.90 Å². The fourth-order valence-electron chi connectivity index (χ4n) is 2.29. The Labute approximate surface area is 124 Å². The summed E-state index contributed by atoms with van der Waals surface area (Å²) in [5, 5.41) is 2.80. The van der Waals surface area contributed by atoms with E-state index in [0.717, 1.165) is 6.42 Å². The van der Waals surface area contributed by atoms with Crippen LogP contribution in [0.5, 0.6) is 0 Å². The largest absolute Gasteiger partial charge is 0.447 e. The molecular weight excluding hydrogens is 270 g/mol. The number of amides is 2. The van der Waals surface area contributed by atoms with E-state index in [1.807, 2.05) is 6.92 Å². The number of nitrogens with one attached hydrogen (secondary N) is 1. The van der Waals surface area contributed by atoms with Gasteiger partial charge in [0.2, 0.25) is 5.91 Å². The number of benzene rings is 1. The molecule has 2 rings (SSSR count). The van der Waals surface area contributed by atoms with Crippen LogP contribution in [0.1, 0.15) is 26.7 Å². The second-order valence-corrected chi connectivity index (χ2v) is 5.44. The molecule has 0 spiro atoms. The summed E-state index contributed by atoms with van der Waals surface area (Å²) < 4.78 is 4.91. The third kappa shape index (κ3) is 3.52. The lowest BCUT2D eigenvalue weighted by Gasteiger charge is -2.23. The van der Waals surface area contributed by atoms with E-state index in [0.29, 0.717) is 30.9 Å². The summed E-state index contributed by atoms with van der Waals surface area (Å²) in [6.45, 7) is 4.60. The normalized spacial score (nSPS) is 17.3. The highest BCUT2D eigenvalue weighted by Gasteiger charge is 2.28. The fourth-order valence-corrected chi connectivity index (χ4v) is 2.29. The molecule has 1 aromatic carbocycles. The zero-order valence-electron chi connectivity index (χ0n) is 12.4. The van der Waals surface area contributed by atoms with Gasteiger partial charge in [-0.3, -0.25) is 9.69 Å². The molecule has 1 saturated heterocycles. The number of carbonyl (C=O) groups is 2. The Morgan fingerprint density at radius 3 is 2.90 bits per heavy atom. The molecule has 2 amide bonds. The van der Waals surface area contributed by atoms with Crippen LogP contribution in [0.25, 0.3) is 0 Å². The Hall–Kier alpha value is -2.08. The molecule has 1 aliphatic heterocycles. The summed E-state index contributed by atoms with van der Waals surface area (Å²) in [6.07, 6.45) is 1.07. The minimum atomic E-state index is -0.905. The molecule has 6 nitrogen and oxygen atoms in total. The van der Waals surface area contributed by atoms with Gasteiger partial charge in [-0.05, 0) is 31.5 Å². The average molecular weight is 291 g/mol. The van der Waals surface area contributed by atoms with Crippen molar-refractivity contribution >= 4 is 23.4 Å². The van der Waals surface area contributed by atoms with Crippen LogP contribution >= 0.6 is 0 Å². The van der Waals surface area contributed by atoms with Crippen molar-refractivity contribution in [2.24, 2.45) is 5.73 Å². The highest BCUT2D eigenvalue weighted by atomic mass is 16.6. The van der Waals surface area contributed by atoms with E-state index in [1.54, 1.807) is 31.2 Å². The van der Waals surface area contributed by atoms with E-state index < -0.39 is 5.54 Å². The van der Waals surface area contributed by atoms with Gasteiger partial charge >= 0.3 is 6.09 Å². The van der Waals surface area contributed by atoms with E-state index in [9.17, 15) is 9.59 Å². The van der Waals surface area contributed by atoms with Crippen LogP contribution < -0.4 is 16.0 Å².